The van der Waals surface area contributed by atoms with Crippen LogP contribution in [0.4, 0.5) is 4.39 Å². The average Bonchev–Trinajstić information content (AvgIpc) is 2.46. The third-order valence-electron chi connectivity index (χ3n) is 2.13. The smallest absolute Gasteiger partial charge is 0.123 e. The Morgan fingerprint density at radius 1 is 1.46 bits per heavy atom. The largest absolute Gasteiger partial charge is 0.389 e. The van der Waals surface area contributed by atoms with Gasteiger partial charge < -0.3 is 10.1 Å². The Morgan fingerprint density at radius 3 is 2.92 bits per heavy atom. The molecule has 2 rings (SSSR count). The number of H-pyrrole nitrogens is 1. The molecule has 0 radical (unpaired) electrons. The maximum absolute atomic E-state index is 12.9. The number of aliphatic hydroxyl groups is 1. The van der Waals surface area contributed by atoms with E-state index >= 15 is 0 Å². The SMILES string of the molecule is C[C@H](O)c1c[nH]c2ccc(F)cc12. The highest BCUT2D eigenvalue weighted by molar-refractivity contribution is 5.83. The molecule has 2 N–H and O–H groups in total. The van der Waals surface area contributed by atoms with Gasteiger partial charge in [0.15, 0.2) is 0 Å². The van der Waals surface area contributed by atoms with Crippen LogP contribution in [0.25, 0.3) is 10.9 Å². The highest BCUT2D eigenvalue weighted by Gasteiger charge is 2.08. The van der Waals surface area contributed by atoms with Gasteiger partial charge in [0.05, 0.1) is 6.10 Å². The summed E-state index contributed by atoms with van der Waals surface area (Å²) in [6, 6.07) is 4.48. The lowest BCUT2D eigenvalue weighted by atomic mass is 10.1. The predicted molar refractivity (Wildman–Crippen MR) is 48.9 cm³/mol. The zero-order valence-electron chi connectivity index (χ0n) is 7.21. The van der Waals surface area contributed by atoms with Gasteiger partial charge in [0.2, 0.25) is 0 Å². The van der Waals surface area contributed by atoms with E-state index in [2.05, 4.69) is 4.98 Å². The van der Waals surface area contributed by atoms with Gasteiger partial charge in [-0.2, -0.15) is 0 Å². The van der Waals surface area contributed by atoms with E-state index in [0.717, 1.165) is 16.5 Å². The molecule has 0 spiro atoms. The first-order valence-corrected chi connectivity index (χ1v) is 4.13. The van der Waals surface area contributed by atoms with E-state index in [1.54, 1.807) is 19.2 Å². The predicted octanol–water partition coefficient (Wildman–Crippen LogP) is 2.36. The summed E-state index contributed by atoms with van der Waals surface area (Å²) in [7, 11) is 0. The molecule has 0 saturated heterocycles. The highest BCUT2D eigenvalue weighted by atomic mass is 19.1. The van der Waals surface area contributed by atoms with Crippen LogP contribution in [0.15, 0.2) is 24.4 Å². The Morgan fingerprint density at radius 2 is 2.23 bits per heavy atom. The van der Waals surface area contributed by atoms with E-state index < -0.39 is 6.10 Å². The van der Waals surface area contributed by atoms with Crippen molar-refractivity contribution in [2.24, 2.45) is 0 Å². The number of hydrogen-bond acceptors (Lipinski definition) is 1. The van der Waals surface area contributed by atoms with Crippen molar-refractivity contribution in [1.29, 1.82) is 0 Å². The van der Waals surface area contributed by atoms with Crippen LogP contribution in [0.2, 0.25) is 0 Å². The minimum atomic E-state index is -0.574. The van der Waals surface area contributed by atoms with Crippen LogP contribution in [-0.4, -0.2) is 10.1 Å². The minimum absolute atomic E-state index is 0.283. The Hall–Kier alpha value is -1.35. The lowest BCUT2D eigenvalue weighted by Gasteiger charge is -2.00. The molecule has 3 heteroatoms. The zero-order valence-corrected chi connectivity index (χ0v) is 7.21. The number of aliphatic hydroxyl groups excluding tert-OH is 1. The van der Waals surface area contributed by atoms with E-state index in [4.69, 9.17) is 0 Å². The molecule has 0 bridgehead atoms. The molecule has 13 heavy (non-hydrogen) atoms. The van der Waals surface area contributed by atoms with Crippen LogP contribution < -0.4 is 0 Å². The first-order chi connectivity index (χ1) is 6.18. The van der Waals surface area contributed by atoms with Gasteiger partial charge in [0.25, 0.3) is 0 Å². The number of nitrogens with one attached hydrogen (secondary N) is 1. The molecule has 0 aliphatic heterocycles. The van der Waals surface area contributed by atoms with Crippen LogP contribution in [0, 0.1) is 5.82 Å². The number of hydrogen-bond donors (Lipinski definition) is 2. The van der Waals surface area contributed by atoms with Crippen LogP contribution in [0.5, 0.6) is 0 Å². The minimum Gasteiger partial charge on any atom is -0.389 e. The molecule has 0 aliphatic carbocycles. The average molecular weight is 179 g/mol. The first-order valence-electron chi connectivity index (χ1n) is 4.13. The van der Waals surface area contributed by atoms with Gasteiger partial charge in [-0.25, -0.2) is 4.39 Å². The Bertz CT molecular complexity index is 433. The van der Waals surface area contributed by atoms with Crippen LogP contribution in [-0.2, 0) is 0 Å². The zero-order chi connectivity index (χ0) is 9.42. The van der Waals surface area contributed by atoms with Gasteiger partial charge in [0, 0.05) is 22.7 Å². The summed E-state index contributed by atoms with van der Waals surface area (Å²) in [4.78, 5) is 2.97. The molecule has 0 amide bonds. The van der Waals surface area contributed by atoms with E-state index in [9.17, 15) is 9.50 Å². The number of fused-ring (bicyclic) bond motifs is 1. The molecule has 68 valence electrons. The van der Waals surface area contributed by atoms with Crippen molar-refractivity contribution in [3.05, 3.63) is 35.8 Å². The quantitative estimate of drug-likeness (QED) is 0.692. The van der Waals surface area contributed by atoms with Gasteiger partial charge in [-0.15, -0.1) is 0 Å². The van der Waals surface area contributed by atoms with Crippen molar-refractivity contribution in [2.75, 3.05) is 0 Å². The van der Waals surface area contributed by atoms with Crippen molar-refractivity contribution >= 4 is 10.9 Å². The Labute approximate surface area is 75.0 Å². The number of rotatable bonds is 1. The molecule has 2 nitrogen and oxygen atoms in total. The monoisotopic (exact) mass is 179 g/mol. The standard InChI is InChI=1S/C10H10FNO/c1-6(13)9-5-12-10-3-2-7(11)4-8(9)10/h2-6,12-13H,1H3/t6-/m0/s1. The maximum atomic E-state index is 12.9. The van der Waals surface area contributed by atoms with Gasteiger partial charge in [-0.3, -0.25) is 0 Å². The summed E-state index contributed by atoms with van der Waals surface area (Å²) in [6.45, 7) is 1.66. The van der Waals surface area contributed by atoms with Gasteiger partial charge >= 0.3 is 0 Å². The van der Waals surface area contributed by atoms with E-state index in [1.807, 2.05) is 0 Å². The third kappa shape index (κ3) is 1.31. The van der Waals surface area contributed by atoms with Crippen molar-refractivity contribution in [2.45, 2.75) is 13.0 Å². The molecule has 0 unspecified atom stereocenters. The second-order valence-electron chi connectivity index (χ2n) is 3.11. The van der Waals surface area contributed by atoms with E-state index in [-0.39, 0.29) is 5.82 Å². The lowest BCUT2D eigenvalue weighted by Crippen LogP contribution is -1.88. The summed E-state index contributed by atoms with van der Waals surface area (Å²) in [6.07, 6.45) is 1.13. The van der Waals surface area contributed by atoms with Crippen LogP contribution >= 0.6 is 0 Å². The summed E-state index contributed by atoms with van der Waals surface area (Å²) in [5.41, 5.74) is 1.58. The normalized spacial score (nSPS) is 13.5. The van der Waals surface area contributed by atoms with Crippen molar-refractivity contribution < 1.29 is 9.50 Å². The summed E-state index contributed by atoms with van der Waals surface area (Å²) in [5.74, 6) is -0.283. The fourth-order valence-corrected chi connectivity index (χ4v) is 1.46. The highest BCUT2D eigenvalue weighted by Crippen LogP contribution is 2.24. The second-order valence-corrected chi connectivity index (χ2v) is 3.11. The first kappa shape index (κ1) is 8.26. The molecular weight excluding hydrogens is 169 g/mol. The molecular formula is C10H10FNO. The van der Waals surface area contributed by atoms with Crippen molar-refractivity contribution in [1.82, 2.24) is 4.98 Å². The summed E-state index contributed by atoms with van der Waals surface area (Å²) < 4.78 is 12.9. The second kappa shape index (κ2) is 2.85. The maximum Gasteiger partial charge on any atom is 0.123 e. The fourth-order valence-electron chi connectivity index (χ4n) is 1.46. The van der Waals surface area contributed by atoms with Crippen molar-refractivity contribution in [3.63, 3.8) is 0 Å². The molecule has 0 fully saturated rings. The number of aromatic amines is 1. The summed E-state index contributed by atoms with van der Waals surface area (Å²) in [5, 5.41) is 10.1. The topological polar surface area (TPSA) is 36.0 Å². The number of halogens is 1. The van der Waals surface area contributed by atoms with E-state index in [1.165, 1.54) is 12.1 Å². The van der Waals surface area contributed by atoms with Crippen LogP contribution in [0.3, 0.4) is 0 Å². The van der Waals surface area contributed by atoms with E-state index in [0.29, 0.717) is 0 Å². The molecule has 0 saturated carbocycles. The molecule has 1 heterocycles. The van der Waals surface area contributed by atoms with Crippen molar-refractivity contribution in [3.8, 4) is 0 Å². The van der Waals surface area contributed by atoms with Gasteiger partial charge in [-0.1, -0.05) is 0 Å². The molecule has 1 aromatic carbocycles. The van der Waals surface area contributed by atoms with Gasteiger partial charge in [-0.05, 0) is 25.1 Å². The van der Waals surface area contributed by atoms with Gasteiger partial charge in [0.1, 0.15) is 5.82 Å². The number of benzene rings is 1. The van der Waals surface area contributed by atoms with Crippen LogP contribution in [0.1, 0.15) is 18.6 Å². The fraction of sp³-hybridized carbons (Fsp3) is 0.200. The molecule has 1 aromatic heterocycles. The molecule has 2 aromatic rings. The Balaban J connectivity index is 2.71. The number of aromatic nitrogens is 1. The molecule has 1 atom stereocenters. The molecule has 0 aliphatic rings. The Kier molecular flexibility index (Phi) is 1.81. The third-order valence-corrected chi connectivity index (χ3v) is 2.13. The lowest BCUT2D eigenvalue weighted by molar-refractivity contribution is 0.201. The summed E-state index contributed by atoms with van der Waals surface area (Å²) >= 11 is 0.